The predicted molar refractivity (Wildman–Crippen MR) is 216 cm³/mol. The lowest BCUT2D eigenvalue weighted by atomic mass is 10.0. The number of carbonyl (C=O) groups excluding carboxylic acids is 5. The van der Waals surface area contributed by atoms with Crippen LogP contribution in [0, 0.1) is 0 Å². The van der Waals surface area contributed by atoms with Crippen molar-refractivity contribution in [1.82, 2.24) is 36.9 Å². The van der Waals surface area contributed by atoms with Crippen molar-refractivity contribution < 1.29 is 43.8 Å². The Morgan fingerprint density at radius 2 is 1.35 bits per heavy atom. The van der Waals surface area contributed by atoms with Crippen molar-refractivity contribution in [2.24, 2.45) is 5.73 Å². The average molecular weight is 801 g/mol. The van der Waals surface area contributed by atoms with Gasteiger partial charge >= 0.3 is 11.9 Å². The van der Waals surface area contributed by atoms with Gasteiger partial charge in [-0.2, -0.15) is 0 Å². The summed E-state index contributed by atoms with van der Waals surface area (Å²) in [5.41, 5.74) is 7.79. The molecule has 57 heavy (non-hydrogen) atoms. The monoisotopic (exact) mass is 800 g/mol. The number of carbonyl (C=O) groups is 7. The number of benzene rings is 1. The van der Waals surface area contributed by atoms with Gasteiger partial charge in [0.25, 0.3) is 0 Å². The SMILES string of the molecule is CCCCCCCCCCCC(=O)NCCNCCC(N)C(=O)NC(Cc1c[nH]c2ccccc12)C(=O)NCCC(NC(=O)C(CCC(=O)O)NC(C)=O)C(=O)O. The Morgan fingerprint density at radius 3 is 2.02 bits per heavy atom. The van der Waals surface area contributed by atoms with Gasteiger partial charge in [-0.3, -0.25) is 28.8 Å². The zero-order chi connectivity index (χ0) is 42.0. The maximum absolute atomic E-state index is 13.5. The highest BCUT2D eigenvalue weighted by atomic mass is 16.4. The van der Waals surface area contributed by atoms with Gasteiger partial charge in [-0.1, -0.05) is 76.5 Å². The van der Waals surface area contributed by atoms with Crippen molar-refractivity contribution in [2.45, 2.75) is 134 Å². The lowest BCUT2D eigenvalue weighted by Gasteiger charge is -2.22. The highest BCUT2D eigenvalue weighted by molar-refractivity contribution is 5.92. The number of aromatic nitrogens is 1. The number of amides is 5. The second-order valence-corrected chi connectivity index (χ2v) is 14.4. The smallest absolute Gasteiger partial charge is 0.326 e. The number of rotatable bonds is 31. The molecule has 1 aromatic carbocycles. The Morgan fingerprint density at radius 1 is 0.684 bits per heavy atom. The first kappa shape index (κ1) is 48.1. The summed E-state index contributed by atoms with van der Waals surface area (Å²) in [6.07, 6.45) is 12.3. The predicted octanol–water partition coefficient (Wildman–Crippen LogP) is 1.98. The van der Waals surface area contributed by atoms with Gasteiger partial charge in [-0.25, -0.2) is 4.79 Å². The van der Waals surface area contributed by atoms with Gasteiger partial charge in [0.2, 0.25) is 29.5 Å². The number of carboxylic acid groups (broad SMARTS) is 2. The molecule has 0 radical (unpaired) electrons. The minimum absolute atomic E-state index is 0.0159. The van der Waals surface area contributed by atoms with E-state index in [9.17, 15) is 38.7 Å². The normalized spacial score (nSPS) is 13.2. The number of aromatic amines is 1. The zero-order valence-electron chi connectivity index (χ0n) is 33.5. The third-order valence-electron chi connectivity index (χ3n) is 9.52. The molecule has 2 aromatic rings. The number of carboxylic acids is 2. The fourth-order valence-corrected chi connectivity index (χ4v) is 6.27. The van der Waals surface area contributed by atoms with Gasteiger partial charge in [-0.05, 0) is 43.9 Å². The minimum atomic E-state index is -1.48. The number of H-pyrrole nitrogens is 1. The lowest BCUT2D eigenvalue weighted by Crippen LogP contribution is -2.54. The number of nitrogens with two attached hydrogens (primary N) is 1. The molecule has 0 aliphatic carbocycles. The van der Waals surface area contributed by atoms with Crippen molar-refractivity contribution in [3.63, 3.8) is 0 Å². The maximum atomic E-state index is 13.5. The molecule has 4 unspecified atom stereocenters. The molecule has 318 valence electrons. The van der Waals surface area contributed by atoms with Gasteiger partial charge in [0.15, 0.2) is 0 Å². The molecule has 0 aliphatic rings. The molecule has 17 heteroatoms. The van der Waals surface area contributed by atoms with E-state index in [4.69, 9.17) is 10.8 Å². The standard InChI is InChI=1S/C40H64N8O9/c1-3-4-5-6-7-8-9-10-11-16-35(50)43-24-23-42-21-19-30(41)37(53)48-34(25-28-26-45-31-15-13-12-14-29(28)31)38(54)44-22-20-33(40(56)57)47-39(55)32(46-27(2)49)17-18-36(51)52/h12-15,26,30,32-34,42,45H,3-11,16-25,41H2,1-2H3,(H,43,50)(H,44,54)(H,46,49)(H,47,55)(H,48,53)(H,51,52)(H,56,57). The summed E-state index contributed by atoms with van der Waals surface area (Å²) in [6.45, 7) is 4.48. The van der Waals surface area contributed by atoms with E-state index in [0.717, 1.165) is 42.7 Å². The van der Waals surface area contributed by atoms with Gasteiger partial charge < -0.3 is 52.8 Å². The third kappa shape index (κ3) is 20.1. The van der Waals surface area contributed by atoms with Crippen molar-refractivity contribution in [1.29, 1.82) is 0 Å². The largest absolute Gasteiger partial charge is 0.481 e. The van der Waals surface area contributed by atoms with Crippen LogP contribution in [0.5, 0.6) is 0 Å². The van der Waals surface area contributed by atoms with Crippen LogP contribution in [0.1, 0.15) is 109 Å². The fraction of sp³-hybridized carbons (Fsp3) is 0.625. The van der Waals surface area contributed by atoms with Crippen LogP contribution in [-0.4, -0.2) is 107 Å². The third-order valence-corrected chi connectivity index (χ3v) is 9.52. The average Bonchev–Trinajstić information content (AvgIpc) is 3.58. The van der Waals surface area contributed by atoms with E-state index in [-0.39, 0.29) is 38.1 Å². The topological polar surface area (TPSA) is 274 Å². The van der Waals surface area contributed by atoms with Gasteiger partial charge in [0.05, 0.1) is 6.04 Å². The molecule has 11 N–H and O–H groups in total. The van der Waals surface area contributed by atoms with Crippen molar-refractivity contribution in [2.75, 3.05) is 26.2 Å². The fourth-order valence-electron chi connectivity index (χ4n) is 6.27. The van der Waals surface area contributed by atoms with Crippen molar-refractivity contribution in [3.05, 3.63) is 36.0 Å². The quantitative estimate of drug-likeness (QED) is 0.0493. The van der Waals surface area contributed by atoms with Crippen LogP contribution in [0.4, 0.5) is 0 Å². The lowest BCUT2D eigenvalue weighted by molar-refractivity contribution is -0.143. The Bertz CT molecular complexity index is 1580. The molecular weight excluding hydrogens is 736 g/mol. The van der Waals surface area contributed by atoms with Gasteiger partial charge in [-0.15, -0.1) is 0 Å². The molecule has 0 fully saturated rings. The van der Waals surface area contributed by atoms with Gasteiger partial charge in [0, 0.05) is 62.9 Å². The number of hydrogen-bond donors (Lipinski definition) is 10. The Labute approximate surface area is 334 Å². The van der Waals surface area contributed by atoms with E-state index < -0.39 is 66.2 Å². The second kappa shape index (κ2) is 27.5. The summed E-state index contributed by atoms with van der Waals surface area (Å²) in [5.74, 6) is -5.23. The van der Waals surface area contributed by atoms with Crippen LogP contribution in [0.2, 0.25) is 0 Å². The van der Waals surface area contributed by atoms with Crippen molar-refractivity contribution >= 4 is 52.4 Å². The summed E-state index contributed by atoms with van der Waals surface area (Å²) in [6, 6.07) is 2.65. The molecule has 0 bridgehead atoms. The van der Waals surface area contributed by atoms with Crippen LogP contribution in [0.25, 0.3) is 10.9 Å². The first-order valence-electron chi connectivity index (χ1n) is 20.2. The van der Waals surface area contributed by atoms with Gasteiger partial charge in [0.1, 0.15) is 18.1 Å². The number of nitrogens with one attached hydrogen (secondary N) is 7. The van der Waals surface area contributed by atoms with E-state index in [0.29, 0.717) is 26.1 Å². The number of para-hydroxylation sites is 1. The van der Waals surface area contributed by atoms with Crippen LogP contribution in [0.3, 0.4) is 0 Å². The van der Waals surface area contributed by atoms with E-state index >= 15 is 0 Å². The van der Waals surface area contributed by atoms with E-state index in [1.165, 1.54) is 38.5 Å². The Kier molecular flexibility index (Phi) is 23.3. The summed E-state index contributed by atoms with van der Waals surface area (Å²) < 4.78 is 0. The molecule has 0 saturated heterocycles. The maximum Gasteiger partial charge on any atom is 0.326 e. The first-order chi connectivity index (χ1) is 27.3. The Hall–Kier alpha value is -5.03. The second-order valence-electron chi connectivity index (χ2n) is 14.4. The molecule has 5 amide bonds. The van der Waals surface area contributed by atoms with Crippen LogP contribution in [0.15, 0.2) is 30.5 Å². The molecule has 0 aliphatic heterocycles. The molecule has 2 rings (SSSR count). The van der Waals surface area contributed by atoms with Crippen LogP contribution >= 0.6 is 0 Å². The molecule has 1 aromatic heterocycles. The molecule has 4 atom stereocenters. The van der Waals surface area contributed by atoms with Crippen molar-refractivity contribution in [3.8, 4) is 0 Å². The van der Waals surface area contributed by atoms with E-state index in [1.54, 1.807) is 6.20 Å². The summed E-state index contributed by atoms with van der Waals surface area (Å²) in [7, 11) is 0. The summed E-state index contributed by atoms with van der Waals surface area (Å²) >= 11 is 0. The number of hydrogen-bond acceptors (Lipinski definition) is 9. The molecule has 0 spiro atoms. The van der Waals surface area contributed by atoms with E-state index in [1.807, 2.05) is 24.3 Å². The summed E-state index contributed by atoms with van der Waals surface area (Å²) in [5, 5.41) is 35.6. The highest BCUT2D eigenvalue weighted by Crippen LogP contribution is 2.19. The van der Waals surface area contributed by atoms with Crippen LogP contribution < -0.4 is 37.6 Å². The van der Waals surface area contributed by atoms with Crippen LogP contribution in [-0.2, 0) is 40.0 Å². The highest BCUT2D eigenvalue weighted by Gasteiger charge is 2.28. The Balaban J connectivity index is 1.87. The zero-order valence-corrected chi connectivity index (χ0v) is 33.5. The minimum Gasteiger partial charge on any atom is -0.481 e. The van der Waals surface area contributed by atoms with E-state index in [2.05, 4.69) is 43.8 Å². The summed E-state index contributed by atoms with van der Waals surface area (Å²) in [4.78, 5) is 89.3. The first-order valence-corrected chi connectivity index (χ1v) is 20.2. The number of unbranched alkanes of at least 4 members (excludes halogenated alkanes) is 8. The molecule has 1 heterocycles. The molecule has 0 saturated carbocycles. The number of aliphatic carboxylic acids is 2. The molecule has 17 nitrogen and oxygen atoms in total. The number of fused-ring (bicyclic) bond motifs is 1. The molecular formula is C40H64N8O9.